The molecule has 2 aliphatic heterocycles. The fourth-order valence-electron chi connectivity index (χ4n) is 3.52. The minimum atomic E-state index is -0.411. The van der Waals surface area contributed by atoms with E-state index in [2.05, 4.69) is 20.2 Å². The van der Waals surface area contributed by atoms with Crippen LogP contribution in [0, 0.1) is 6.92 Å². The van der Waals surface area contributed by atoms with Gasteiger partial charge in [0.1, 0.15) is 0 Å². The summed E-state index contributed by atoms with van der Waals surface area (Å²) in [6.45, 7) is 5.41. The molecule has 0 atom stereocenters. The summed E-state index contributed by atoms with van der Waals surface area (Å²) < 4.78 is 11.5. The largest absolute Gasteiger partial charge is 0.348 e. The molecule has 2 fully saturated rings. The summed E-state index contributed by atoms with van der Waals surface area (Å²) in [6.07, 6.45) is 4.77. The van der Waals surface area contributed by atoms with Gasteiger partial charge in [-0.05, 0) is 18.1 Å². The normalized spacial score (nSPS) is 18.6. The van der Waals surface area contributed by atoms with Gasteiger partial charge >= 0.3 is 0 Å². The second kappa shape index (κ2) is 7.62. The molecule has 3 heterocycles. The number of anilines is 1. The summed E-state index contributed by atoms with van der Waals surface area (Å²) in [5.41, 5.74) is 2.72. The van der Waals surface area contributed by atoms with E-state index in [0.717, 1.165) is 37.1 Å². The zero-order valence-electron chi connectivity index (χ0n) is 15.5. The number of piperidine rings is 1. The van der Waals surface area contributed by atoms with Gasteiger partial charge in [0.2, 0.25) is 5.95 Å². The summed E-state index contributed by atoms with van der Waals surface area (Å²) in [7, 11) is 0. The van der Waals surface area contributed by atoms with E-state index in [1.165, 1.54) is 0 Å². The molecule has 0 bridgehead atoms. The SMILES string of the molecule is Cc1ccccc1CNC(=O)c1cnc(N2CCC3(CC2)OCCO3)nc1. The van der Waals surface area contributed by atoms with Gasteiger partial charge in [-0.15, -0.1) is 0 Å². The molecule has 1 aromatic heterocycles. The second-order valence-electron chi connectivity index (χ2n) is 6.98. The first-order valence-electron chi connectivity index (χ1n) is 9.33. The highest BCUT2D eigenvalue weighted by molar-refractivity contribution is 5.93. The van der Waals surface area contributed by atoms with E-state index in [1.807, 2.05) is 31.2 Å². The molecule has 2 saturated heterocycles. The predicted molar refractivity (Wildman–Crippen MR) is 100 cm³/mol. The van der Waals surface area contributed by atoms with Crippen molar-refractivity contribution >= 4 is 11.9 Å². The molecule has 0 radical (unpaired) electrons. The maximum Gasteiger partial charge on any atom is 0.254 e. The Kier molecular flexibility index (Phi) is 5.05. The Hall–Kier alpha value is -2.51. The van der Waals surface area contributed by atoms with Crippen LogP contribution in [-0.2, 0) is 16.0 Å². The van der Waals surface area contributed by atoms with Gasteiger partial charge in [-0.3, -0.25) is 4.79 Å². The van der Waals surface area contributed by atoms with Gasteiger partial charge in [0, 0.05) is 44.9 Å². The molecule has 1 N–H and O–H groups in total. The minimum Gasteiger partial charge on any atom is -0.348 e. The van der Waals surface area contributed by atoms with Crippen LogP contribution >= 0.6 is 0 Å². The lowest BCUT2D eigenvalue weighted by molar-refractivity contribution is -0.169. The van der Waals surface area contributed by atoms with Crippen molar-refractivity contribution in [1.82, 2.24) is 15.3 Å². The number of aromatic nitrogens is 2. The van der Waals surface area contributed by atoms with Crippen molar-refractivity contribution in [3.63, 3.8) is 0 Å². The van der Waals surface area contributed by atoms with Crippen molar-refractivity contribution in [2.24, 2.45) is 0 Å². The van der Waals surface area contributed by atoms with E-state index in [1.54, 1.807) is 12.4 Å². The maximum atomic E-state index is 12.3. The number of amides is 1. The first kappa shape index (κ1) is 17.9. The average Bonchev–Trinajstić information content (AvgIpc) is 3.16. The molecule has 7 heteroatoms. The number of aryl methyl sites for hydroxylation is 1. The third-order valence-corrected chi connectivity index (χ3v) is 5.22. The first-order valence-corrected chi connectivity index (χ1v) is 9.33. The quantitative estimate of drug-likeness (QED) is 0.890. The number of hydrogen-bond donors (Lipinski definition) is 1. The number of hydrogen-bond acceptors (Lipinski definition) is 6. The monoisotopic (exact) mass is 368 g/mol. The predicted octanol–water partition coefficient (Wildman–Crippen LogP) is 2.06. The molecule has 4 rings (SSSR count). The summed E-state index contributed by atoms with van der Waals surface area (Å²) >= 11 is 0. The van der Waals surface area contributed by atoms with Crippen molar-refractivity contribution in [3.8, 4) is 0 Å². The first-order chi connectivity index (χ1) is 13.2. The zero-order chi connectivity index (χ0) is 18.7. The fraction of sp³-hybridized carbons (Fsp3) is 0.450. The Bertz CT molecular complexity index is 793. The molecular formula is C20H24N4O3. The lowest BCUT2D eigenvalue weighted by Gasteiger charge is -2.37. The average molecular weight is 368 g/mol. The molecule has 142 valence electrons. The Morgan fingerprint density at radius 1 is 1.15 bits per heavy atom. The number of nitrogens with zero attached hydrogens (tertiary/aromatic N) is 3. The van der Waals surface area contributed by atoms with E-state index in [-0.39, 0.29) is 5.91 Å². The van der Waals surface area contributed by atoms with Gasteiger partial charge in [-0.1, -0.05) is 24.3 Å². The lowest BCUT2D eigenvalue weighted by atomic mass is 10.0. The molecule has 2 aromatic rings. The Morgan fingerprint density at radius 3 is 2.48 bits per heavy atom. The highest BCUT2D eigenvalue weighted by atomic mass is 16.7. The molecule has 1 aromatic carbocycles. The van der Waals surface area contributed by atoms with Gasteiger partial charge in [0.15, 0.2) is 5.79 Å². The highest BCUT2D eigenvalue weighted by Crippen LogP contribution is 2.32. The van der Waals surface area contributed by atoms with Crippen LogP contribution < -0.4 is 10.2 Å². The third kappa shape index (κ3) is 3.94. The molecular weight excluding hydrogens is 344 g/mol. The molecule has 0 aliphatic carbocycles. The highest BCUT2D eigenvalue weighted by Gasteiger charge is 2.40. The van der Waals surface area contributed by atoms with Crippen LogP contribution in [0.5, 0.6) is 0 Å². The van der Waals surface area contributed by atoms with Gasteiger partial charge in [-0.25, -0.2) is 9.97 Å². The van der Waals surface area contributed by atoms with Crippen molar-refractivity contribution in [1.29, 1.82) is 0 Å². The van der Waals surface area contributed by atoms with Crippen LogP contribution in [0.3, 0.4) is 0 Å². The van der Waals surface area contributed by atoms with Crippen LogP contribution in [0.4, 0.5) is 5.95 Å². The van der Waals surface area contributed by atoms with Crippen molar-refractivity contribution < 1.29 is 14.3 Å². The summed E-state index contributed by atoms with van der Waals surface area (Å²) in [5.74, 6) is 0.0553. The number of benzene rings is 1. The van der Waals surface area contributed by atoms with Crippen LogP contribution in [0.1, 0.15) is 34.3 Å². The minimum absolute atomic E-state index is 0.171. The maximum absolute atomic E-state index is 12.3. The Morgan fingerprint density at radius 2 is 1.81 bits per heavy atom. The number of nitrogens with one attached hydrogen (secondary N) is 1. The van der Waals surface area contributed by atoms with Crippen LogP contribution in [0.2, 0.25) is 0 Å². The number of rotatable bonds is 4. The van der Waals surface area contributed by atoms with E-state index >= 15 is 0 Å². The summed E-state index contributed by atoms with van der Waals surface area (Å²) in [5, 5.41) is 2.92. The smallest absolute Gasteiger partial charge is 0.254 e. The van der Waals surface area contributed by atoms with Crippen LogP contribution in [0.15, 0.2) is 36.7 Å². The molecule has 0 unspecified atom stereocenters. The van der Waals surface area contributed by atoms with E-state index < -0.39 is 5.79 Å². The number of carbonyl (C=O) groups excluding carboxylic acids is 1. The number of ether oxygens (including phenoxy) is 2. The van der Waals surface area contributed by atoms with Crippen LogP contribution in [0.25, 0.3) is 0 Å². The second-order valence-corrected chi connectivity index (χ2v) is 6.98. The van der Waals surface area contributed by atoms with E-state index in [9.17, 15) is 4.79 Å². The Labute approximate surface area is 158 Å². The van der Waals surface area contributed by atoms with E-state index in [4.69, 9.17) is 9.47 Å². The Balaban J connectivity index is 1.33. The molecule has 2 aliphatic rings. The molecule has 0 saturated carbocycles. The summed E-state index contributed by atoms with van der Waals surface area (Å²) in [6, 6.07) is 8.00. The van der Waals surface area contributed by atoms with E-state index in [0.29, 0.717) is 31.3 Å². The van der Waals surface area contributed by atoms with Crippen molar-refractivity contribution in [3.05, 3.63) is 53.3 Å². The van der Waals surface area contributed by atoms with Gasteiger partial charge in [0.05, 0.1) is 18.8 Å². The lowest BCUT2D eigenvalue weighted by Crippen LogP contribution is -2.45. The van der Waals surface area contributed by atoms with Gasteiger partial charge < -0.3 is 19.7 Å². The molecule has 27 heavy (non-hydrogen) atoms. The van der Waals surface area contributed by atoms with Crippen molar-refractivity contribution in [2.45, 2.75) is 32.1 Å². The molecule has 1 spiro atoms. The fourth-order valence-corrected chi connectivity index (χ4v) is 3.52. The van der Waals surface area contributed by atoms with Crippen LogP contribution in [-0.4, -0.2) is 48.0 Å². The number of carbonyl (C=O) groups is 1. The standard InChI is InChI=1S/C20H24N4O3/c1-15-4-2-3-5-16(15)12-21-18(25)17-13-22-19(23-14-17)24-8-6-20(7-9-24)26-10-11-27-20/h2-5,13-14H,6-12H2,1H3,(H,21,25). The van der Waals surface area contributed by atoms with Crippen molar-refractivity contribution in [2.75, 3.05) is 31.2 Å². The summed E-state index contributed by atoms with van der Waals surface area (Å²) in [4.78, 5) is 23.2. The molecule has 7 nitrogen and oxygen atoms in total. The molecule has 1 amide bonds. The van der Waals surface area contributed by atoms with Gasteiger partial charge in [0.25, 0.3) is 5.91 Å². The van der Waals surface area contributed by atoms with Gasteiger partial charge in [-0.2, -0.15) is 0 Å². The topological polar surface area (TPSA) is 76.6 Å². The zero-order valence-corrected chi connectivity index (χ0v) is 15.5. The third-order valence-electron chi connectivity index (χ3n) is 5.22.